The molecule has 11 aromatic carbocycles. The van der Waals surface area contributed by atoms with Crippen molar-refractivity contribution in [2.75, 3.05) is 0 Å². The van der Waals surface area contributed by atoms with Crippen LogP contribution in [0.2, 0.25) is 0 Å². The SMILES string of the molecule is Cc1c(-[n+]2ccn(-c3ccccc3)c2C)cc(C(C)(C)C)cc1C(C)(C)C.Cc1c(-n2cc[n+](-c3c(-c4ccccc4)cccc3-c3ccccc3)c2C)cc(C(C)(C)C)cc1C(C)(C)C.[2H]C([2H])([2H])[n+]1ccn(-c2cc(C(C)(C)C)cc(C(C)(C)C)c2C)c1C.[2H]c1c([2H])c([2H])c(-c2cccc(-c3c([2H])c([2H])c([2H])c(C)c3[2H])c2-[n+]2ccn(-c3cc(C(C)(C)C)cc(C(C)(C)C)c3C)c2C)c([2H])c1[2H]. The van der Waals surface area contributed by atoms with E-state index in [1.807, 2.05) is 41.6 Å². The van der Waals surface area contributed by atoms with Crippen molar-refractivity contribution in [3.05, 3.63) is 376 Å². The van der Waals surface area contributed by atoms with Crippen LogP contribution in [-0.2, 0) is 50.3 Å². The van der Waals surface area contributed by atoms with Gasteiger partial charge in [0.15, 0.2) is 0 Å². The third kappa shape index (κ3) is 20.7. The maximum atomic E-state index is 9.02. The fourth-order valence-corrected chi connectivity index (χ4v) is 17.5. The molecule has 0 fully saturated rings. The molecule has 0 aliphatic heterocycles. The lowest BCUT2D eigenvalue weighted by atomic mass is 9.78. The van der Waals surface area contributed by atoms with Crippen LogP contribution in [0.5, 0.6) is 0 Å². The van der Waals surface area contributed by atoms with E-state index in [0.29, 0.717) is 22.6 Å². The van der Waals surface area contributed by atoms with Gasteiger partial charge in [-0.3, -0.25) is 0 Å². The van der Waals surface area contributed by atoms with Crippen LogP contribution < -0.4 is 18.3 Å². The predicted molar refractivity (Wildman–Crippen MR) is 543 cm³/mol. The van der Waals surface area contributed by atoms with Crippen molar-refractivity contribution in [3.8, 4) is 84.3 Å². The van der Waals surface area contributed by atoms with E-state index in [-0.39, 0.29) is 96.3 Å². The molecule has 15 rings (SSSR count). The maximum Gasteiger partial charge on any atom is 0.263 e. The molecule has 128 heavy (non-hydrogen) atoms. The highest BCUT2D eigenvalue weighted by Crippen LogP contribution is 2.43. The summed E-state index contributed by atoms with van der Waals surface area (Å²) in [5.74, 6) is 3.81. The Balaban J connectivity index is 0.000000173. The lowest BCUT2D eigenvalue weighted by Crippen LogP contribution is -2.35. The number of nitrogens with zero attached hydrogens (tertiary/aromatic N) is 8. The van der Waals surface area contributed by atoms with Crippen LogP contribution in [0.3, 0.4) is 0 Å². The summed E-state index contributed by atoms with van der Waals surface area (Å²) in [5.41, 5.74) is 28.8. The summed E-state index contributed by atoms with van der Waals surface area (Å²) >= 11 is 0. The zero-order valence-electron chi connectivity index (χ0n) is 94.9. The first kappa shape index (κ1) is 79.6. The molecule has 15 aromatic rings. The molecule has 0 bridgehead atoms. The van der Waals surface area contributed by atoms with Gasteiger partial charge in [-0.2, -0.15) is 32.0 Å². The van der Waals surface area contributed by atoms with Crippen LogP contribution in [0.4, 0.5) is 0 Å². The third-order valence-electron chi connectivity index (χ3n) is 25.1. The van der Waals surface area contributed by atoms with Crippen molar-refractivity contribution in [1.29, 1.82) is 0 Å². The average molecular weight is 1710 g/mol. The Morgan fingerprint density at radius 2 is 0.594 bits per heavy atom. The average Bonchev–Trinajstić information content (AvgIpc) is 1.49. The molecular formula is C120H148N8+4. The van der Waals surface area contributed by atoms with Crippen molar-refractivity contribution in [2.45, 2.75) is 272 Å². The van der Waals surface area contributed by atoms with E-state index in [1.54, 1.807) is 31.3 Å². The zero-order valence-corrected chi connectivity index (χ0v) is 82.9. The number of aryl methyl sites for hydroxylation is 1. The Hall–Kier alpha value is -11.7. The maximum absolute atomic E-state index is 9.02. The first-order valence-corrected chi connectivity index (χ1v) is 45.3. The molecular weight excluding hydrogens is 1550 g/mol. The fourth-order valence-electron chi connectivity index (χ4n) is 17.5. The zero-order chi connectivity index (χ0) is 104. The molecule has 0 aliphatic carbocycles. The van der Waals surface area contributed by atoms with Crippen LogP contribution in [-0.4, -0.2) is 18.3 Å². The molecule has 0 amide bonds. The van der Waals surface area contributed by atoms with Crippen LogP contribution >= 0.6 is 0 Å². The van der Waals surface area contributed by atoms with E-state index >= 15 is 0 Å². The van der Waals surface area contributed by atoms with Gasteiger partial charge >= 0.3 is 0 Å². The number of benzene rings is 11. The second kappa shape index (κ2) is 36.8. The third-order valence-corrected chi connectivity index (χ3v) is 25.1. The predicted octanol–water partition coefficient (Wildman–Crippen LogP) is 29.4. The minimum atomic E-state index is -2.17. The quantitative estimate of drug-likeness (QED) is 0.116. The van der Waals surface area contributed by atoms with Gasteiger partial charge in [0.1, 0.15) is 89.4 Å². The monoisotopic (exact) mass is 1710 g/mol. The number of hydrogen-bond donors (Lipinski definition) is 0. The van der Waals surface area contributed by atoms with E-state index in [1.165, 1.54) is 122 Å². The van der Waals surface area contributed by atoms with Gasteiger partial charge in [0.2, 0.25) is 0 Å². The van der Waals surface area contributed by atoms with Crippen LogP contribution in [0.15, 0.2) is 280 Å². The lowest BCUT2D eigenvalue weighted by Gasteiger charge is -2.27. The Morgan fingerprint density at radius 3 is 0.969 bits per heavy atom. The second-order valence-corrected chi connectivity index (χ2v) is 43.0. The summed E-state index contributed by atoms with van der Waals surface area (Å²) in [6, 6.07) is 59.2. The first-order chi connectivity index (χ1) is 64.7. The Labute approximate surface area is 787 Å². The van der Waals surface area contributed by atoms with Crippen molar-refractivity contribution < 1.29 is 34.7 Å². The molecule has 8 heteroatoms. The molecule has 0 aliphatic rings. The van der Waals surface area contributed by atoms with E-state index in [0.717, 1.165) is 22.8 Å². The summed E-state index contributed by atoms with van der Waals surface area (Å²) in [4.78, 5) is 0. The number of para-hydroxylation sites is 3. The van der Waals surface area contributed by atoms with Gasteiger partial charge in [-0.1, -0.05) is 366 Å². The molecule has 8 nitrogen and oxygen atoms in total. The summed E-state index contributed by atoms with van der Waals surface area (Å²) in [6.45, 7) is 70.4. The fraction of sp³-hybridized carbons (Fsp3) is 0.350. The van der Waals surface area contributed by atoms with Crippen LogP contribution in [0.25, 0.3) is 84.3 Å². The highest BCUT2D eigenvalue weighted by atomic mass is 15.2. The molecule has 0 atom stereocenters. The van der Waals surface area contributed by atoms with Gasteiger partial charge in [0.25, 0.3) is 23.3 Å². The van der Waals surface area contributed by atoms with Gasteiger partial charge in [0.05, 0.1) is 23.4 Å². The summed E-state index contributed by atoms with van der Waals surface area (Å²) in [7, 11) is 0. The molecule has 4 heterocycles. The van der Waals surface area contributed by atoms with Gasteiger partial charge < -0.3 is 0 Å². The van der Waals surface area contributed by atoms with E-state index in [9.17, 15) is 0 Å². The molecule has 0 N–H and O–H groups in total. The van der Waals surface area contributed by atoms with E-state index in [2.05, 4.69) is 413 Å². The molecule has 4 aromatic heterocycles. The number of rotatable bonds is 11. The van der Waals surface area contributed by atoms with Gasteiger partial charge in [-0.15, -0.1) is 0 Å². The minimum Gasteiger partial charge on any atom is -0.237 e. The molecule has 0 radical (unpaired) electrons. The van der Waals surface area contributed by atoms with E-state index < -0.39 is 25.1 Å². The molecule has 664 valence electrons. The van der Waals surface area contributed by atoms with Crippen LogP contribution in [0, 0.1) is 62.3 Å². The standard InChI is InChI=1S/C38H43N2.C37H41N2.C25H33N2.C20H31N2/c1-26-15-13-18-30(23-26)33-20-14-19-32(29-16-11-10-12-17-29)36(33)40-22-21-39(28(40)3)35-25-31(37(4,5)6)24-34(27(35)2)38(7,8)9;1-26-33(37(6,7)8)24-30(36(3,4)5)25-34(26)38-22-23-39(27(38)2)35-31(28-16-11-9-12-17-28)20-15-21-32(35)29-18-13-10-14-19-29;1-18-22(25(6,7)8)16-20(24(3,4)5)17-23(18)27-15-14-26(19(27)2)21-12-10-9-11-13-21;1-14-17(20(6,7)8)12-16(19(3,4)5)13-18(14)22-11-10-21(9)15(22)2/h10-25H,1-9H3;9-25H,1-8H3;9-17H,1-8H3;10-13H,1-9H3/q4*+1/i10D,11D,12D,13D,15D,16D,17D,18D,23D;;;9D3. The molecule has 0 unspecified atom stereocenters. The first-order valence-electron chi connectivity index (χ1n) is 51.3. The Kier molecular flexibility index (Phi) is 22.9. The van der Waals surface area contributed by atoms with Crippen molar-refractivity contribution in [2.24, 2.45) is 6.98 Å². The van der Waals surface area contributed by atoms with Gasteiger partial charge in [0, 0.05) is 49.9 Å². The summed E-state index contributed by atoms with van der Waals surface area (Å²) < 4.78 is 117. The lowest BCUT2D eigenvalue weighted by molar-refractivity contribution is -0.677. The summed E-state index contributed by atoms with van der Waals surface area (Å²) in [6.07, 6.45) is 16.1. The Bertz CT molecular complexity index is 6960. The topological polar surface area (TPSA) is 35.2 Å². The molecule has 0 saturated carbocycles. The highest BCUT2D eigenvalue weighted by Gasteiger charge is 2.35. The van der Waals surface area contributed by atoms with Crippen molar-refractivity contribution in [3.63, 3.8) is 0 Å². The van der Waals surface area contributed by atoms with Gasteiger partial charge in [-0.25, -0.2) is 4.57 Å². The van der Waals surface area contributed by atoms with Crippen LogP contribution in [0.1, 0.15) is 278 Å². The number of hydrogen-bond acceptors (Lipinski definition) is 0. The van der Waals surface area contributed by atoms with Crippen molar-refractivity contribution >= 4 is 0 Å². The summed E-state index contributed by atoms with van der Waals surface area (Å²) in [5, 5.41) is 0. The smallest absolute Gasteiger partial charge is 0.237 e. The second-order valence-electron chi connectivity index (χ2n) is 43.0. The highest BCUT2D eigenvalue weighted by molar-refractivity contribution is 5.84. The van der Waals surface area contributed by atoms with Gasteiger partial charge in [-0.05, 0) is 203 Å². The minimum absolute atomic E-state index is 0.0126. The molecule has 0 saturated heterocycles. The number of aromatic nitrogens is 8. The van der Waals surface area contributed by atoms with Crippen molar-refractivity contribution in [1.82, 2.24) is 18.3 Å². The Morgan fingerprint density at radius 1 is 0.273 bits per heavy atom. The number of imidazole rings is 4. The van der Waals surface area contributed by atoms with E-state index in [4.69, 9.17) is 16.4 Å². The largest absolute Gasteiger partial charge is 0.263 e. The normalized spacial score (nSPS) is 13.7. The molecule has 0 spiro atoms.